The van der Waals surface area contributed by atoms with Crippen molar-refractivity contribution in [3.8, 4) is 0 Å². The standard InChI is InChI=1S/C22H25NO2/c1-15-11-20-19(13-22(24)25-21(20)12-16(15)2)14-23-17(3)9-10-18-7-5-4-6-8-18/h4-8,11-13,17,23H,9-10,14H2,1-3H3/t17-/m1/s1. The fourth-order valence-electron chi connectivity index (χ4n) is 3.04. The van der Waals surface area contributed by atoms with Gasteiger partial charge in [0.1, 0.15) is 5.58 Å². The number of fused-ring (bicyclic) bond motifs is 1. The summed E-state index contributed by atoms with van der Waals surface area (Å²) in [5.41, 5.74) is 5.08. The summed E-state index contributed by atoms with van der Waals surface area (Å²) in [6, 6.07) is 16.6. The molecule has 0 aliphatic carbocycles. The third-order valence-corrected chi connectivity index (χ3v) is 4.79. The van der Waals surface area contributed by atoms with Crippen molar-refractivity contribution in [3.63, 3.8) is 0 Å². The lowest BCUT2D eigenvalue weighted by molar-refractivity contribution is 0.510. The Balaban J connectivity index is 1.70. The van der Waals surface area contributed by atoms with Gasteiger partial charge in [-0.3, -0.25) is 0 Å². The van der Waals surface area contributed by atoms with E-state index in [1.165, 1.54) is 11.1 Å². The monoisotopic (exact) mass is 335 g/mol. The lowest BCUT2D eigenvalue weighted by Gasteiger charge is -2.15. The summed E-state index contributed by atoms with van der Waals surface area (Å²) in [5, 5.41) is 4.56. The van der Waals surface area contributed by atoms with E-state index in [2.05, 4.69) is 49.5 Å². The van der Waals surface area contributed by atoms with Crippen LogP contribution in [0.3, 0.4) is 0 Å². The summed E-state index contributed by atoms with van der Waals surface area (Å²) < 4.78 is 5.37. The van der Waals surface area contributed by atoms with Crippen LogP contribution in [0.1, 0.15) is 35.6 Å². The fourth-order valence-corrected chi connectivity index (χ4v) is 3.04. The quantitative estimate of drug-likeness (QED) is 0.673. The minimum atomic E-state index is -0.288. The lowest BCUT2D eigenvalue weighted by Crippen LogP contribution is -2.26. The number of aryl methyl sites for hydroxylation is 3. The first-order valence-electron chi connectivity index (χ1n) is 8.84. The Bertz CT molecular complexity index is 912. The van der Waals surface area contributed by atoms with E-state index in [0.29, 0.717) is 18.2 Å². The molecule has 1 N–H and O–H groups in total. The minimum Gasteiger partial charge on any atom is -0.423 e. The molecule has 130 valence electrons. The summed E-state index contributed by atoms with van der Waals surface area (Å²) in [6.07, 6.45) is 2.10. The third kappa shape index (κ3) is 4.37. The molecule has 0 spiro atoms. The van der Waals surface area contributed by atoms with E-state index in [9.17, 15) is 4.79 Å². The van der Waals surface area contributed by atoms with E-state index in [0.717, 1.165) is 29.4 Å². The molecule has 0 radical (unpaired) electrons. The molecule has 0 aliphatic rings. The van der Waals surface area contributed by atoms with E-state index >= 15 is 0 Å². The van der Waals surface area contributed by atoms with Crippen LogP contribution in [-0.2, 0) is 13.0 Å². The van der Waals surface area contributed by atoms with Crippen molar-refractivity contribution in [2.45, 2.75) is 46.2 Å². The Hall–Kier alpha value is -2.39. The average Bonchev–Trinajstić information content (AvgIpc) is 2.60. The van der Waals surface area contributed by atoms with Crippen LogP contribution in [-0.4, -0.2) is 6.04 Å². The highest BCUT2D eigenvalue weighted by Gasteiger charge is 2.09. The van der Waals surface area contributed by atoms with E-state index in [1.54, 1.807) is 6.07 Å². The van der Waals surface area contributed by atoms with Gasteiger partial charge in [-0.05, 0) is 68.0 Å². The van der Waals surface area contributed by atoms with Crippen LogP contribution in [0.15, 0.2) is 57.7 Å². The topological polar surface area (TPSA) is 42.2 Å². The predicted molar refractivity (Wildman–Crippen MR) is 103 cm³/mol. The maximum Gasteiger partial charge on any atom is 0.336 e. The zero-order valence-corrected chi connectivity index (χ0v) is 15.1. The summed E-state index contributed by atoms with van der Waals surface area (Å²) in [6.45, 7) is 6.97. The molecule has 1 aromatic heterocycles. The molecule has 25 heavy (non-hydrogen) atoms. The van der Waals surface area contributed by atoms with E-state index in [4.69, 9.17) is 4.42 Å². The molecule has 2 aromatic carbocycles. The smallest absolute Gasteiger partial charge is 0.336 e. The minimum absolute atomic E-state index is 0.288. The first-order valence-corrected chi connectivity index (χ1v) is 8.84. The highest BCUT2D eigenvalue weighted by molar-refractivity contribution is 5.81. The molecule has 1 atom stereocenters. The molecule has 3 nitrogen and oxygen atoms in total. The largest absolute Gasteiger partial charge is 0.423 e. The zero-order chi connectivity index (χ0) is 17.8. The van der Waals surface area contributed by atoms with E-state index in [1.807, 2.05) is 19.1 Å². The molecule has 3 aromatic rings. The van der Waals surface area contributed by atoms with Gasteiger partial charge in [-0.1, -0.05) is 30.3 Å². The molecular formula is C22H25NO2. The first-order chi connectivity index (χ1) is 12.0. The second-order valence-electron chi connectivity index (χ2n) is 6.83. The van der Waals surface area contributed by atoms with E-state index < -0.39 is 0 Å². The Labute approximate surface area is 148 Å². The molecule has 0 fully saturated rings. The summed E-state index contributed by atoms with van der Waals surface area (Å²) in [4.78, 5) is 11.9. The predicted octanol–water partition coefficient (Wildman–Crippen LogP) is 4.52. The van der Waals surface area contributed by atoms with Crippen LogP contribution in [0.2, 0.25) is 0 Å². The summed E-state index contributed by atoms with van der Waals surface area (Å²) in [5.74, 6) is 0. The molecule has 0 amide bonds. The van der Waals surface area contributed by atoms with Gasteiger partial charge in [-0.15, -0.1) is 0 Å². The maximum atomic E-state index is 11.9. The van der Waals surface area contributed by atoms with Gasteiger partial charge in [0, 0.05) is 24.0 Å². The SMILES string of the molecule is Cc1cc2oc(=O)cc(CN[C@H](C)CCc3ccccc3)c2cc1C. The number of benzene rings is 2. The molecule has 0 aliphatic heterocycles. The van der Waals surface area contributed by atoms with Gasteiger partial charge in [0.25, 0.3) is 0 Å². The second-order valence-corrected chi connectivity index (χ2v) is 6.83. The van der Waals surface area contributed by atoms with Crippen molar-refractivity contribution >= 4 is 11.0 Å². The summed E-state index contributed by atoms with van der Waals surface area (Å²) >= 11 is 0. The number of rotatable bonds is 6. The number of nitrogens with one attached hydrogen (secondary N) is 1. The Morgan fingerprint density at radius 1 is 1.04 bits per heavy atom. The third-order valence-electron chi connectivity index (χ3n) is 4.79. The highest BCUT2D eigenvalue weighted by atomic mass is 16.4. The van der Waals surface area contributed by atoms with Crippen LogP contribution < -0.4 is 10.9 Å². The molecule has 3 rings (SSSR count). The lowest BCUT2D eigenvalue weighted by atomic mass is 10.0. The Kier molecular flexibility index (Phi) is 5.34. The van der Waals surface area contributed by atoms with Crippen molar-refractivity contribution in [1.82, 2.24) is 5.32 Å². The van der Waals surface area contributed by atoms with Gasteiger partial charge in [-0.25, -0.2) is 4.79 Å². The van der Waals surface area contributed by atoms with Gasteiger partial charge in [-0.2, -0.15) is 0 Å². The molecule has 3 heteroatoms. The number of hydrogen-bond donors (Lipinski definition) is 1. The van der Waals surface area contributed by atoms with Gasteiger partial charge in [0.05, 0.1) is 0 Å². The number of hydrogen-bond acceptors (Lipinski definition) is 3. The Morgan fingerprint density at radius 3 is 2.52 bits per heavy atom. The van der Waals surface area contributed by atoms with Crippen molar-refractivity contribution in [3.05, 3.63) is 81.2 Å². The van der Waals surface area contributed by atoms with Gasteiger partial charge >= 0.3 is 5.63 Å². The summed E-state index contributed by atoms with van der Waals surface area (Å²) in [7, 11) is 0. The van der Waals surface area contributed by atoms with Crippen LogP contribution >= 0.6 is 0 Å². The maximum absolute atomic E-state index is 11.9. The normalized spacial score (nSPS) is 12.4. The zero-order valence-electron chi connectivity index (χ0n) is 15.1. The second kappa shape index (κ2) is 7.66. The van der Waals surface area contributed by atoms with Gasteiger partial charge in [0.15, 0.2) is 0 Å². The van der Waals surface area contributed by atoms with Crippen molar-refractivity contribution in [2.75, 3.05) is 0 Å². The molecule has 0 bridgehead atoms. The Morgan fingerprint density at radius 2 is 1.76 bits per heavy atom. The molecule has 0 unspecified atom stereocenters. The highest BCUT2D eigenvalue weighted by Crippen LogP contribution is 2.21. The average molecular weight is 335 g/mol. The van der Waals surface area contributed by atoms with Crippen molar-refractivity contribution in [1.29, 1.82) is 0 Å². The van der Waals surface area contributed by atoms with Crippen LogP contribution in [0.4, 0.5) is 0 Å². The van der Waals surface area contributed by atoms with Gasteiger partial charge in [0.2, 0.25) is 0 Å². The van der Waals surface area contributed by atoms with Gasteiger partial charge < -0.3 is 9.73 Å². The molecule has 0 saturated heterocycles. The van der Waals surface area contributed by atoms with Crippen molar-refractivity contribution in [2.24, 2.45) is 0 Å². The first kappa shape index (κ1) is 17.4. The van der Waals surface area contributed by atoms with Crippen molar-refractivity contribution < 1.29 is 4.42 Å². The van der Waals surface area contributed by atoms with Crippen LogP contribution in [0.5, 0.6) is 0 Å². The molecular weight excluding hydrogens is 310 g/mol. The van der Waals surface area contributed by atoms with Crippen LogP contribution in [0, 0.1) is 13.8 Å². The van der Waals surface area contributed by atoms with Crippen LogP contribution in [0.25, 0.3) is 11.0 Å². The molecule has 1 heterocycles. The molecule has 0 saturated carbocycles. The van der Waals surface area contributed by atoms with E-state index in [-0.39, 0.29) is 5.63 Å². The fraction of sp³-hybridized carbons (Fsp3) is 0.318.